The number of nitrogens with one attached hydrogen (secondary N) is 1. The zero-order valence-electron chi connectivity index (χ0n) is 15.4. The van der Waals surface area contributed by atoms with Crippen molar-refractivity contribution in [1.29, 1.82) is 0 Å². The summed E-state index contributed by atoms with van der Waals surface area (Å²) in [6.45, 7) is 1.93. The number of methoxy groups -OCH3 is 1. The Morgan fingerprint density at radius 2 is 2.07 bits per heavy atom. The molecule has 140 valence electrons. The van der Waals surface area contributed by atoms with Gasteiger partial charge in [-0.1, -0.05) is 35.2 Å². The van der Waals surface area contributed by atoms with Crippen LogP contribution in [0.25, 0.3) is 10.2 Å². The number of anilines is 1. The Balaban J connectivity index is 1.34. The quantitative estimate of drug-likeness (QED) is 0.656. The molecule has 1 fully saturated rings. The highest BCUT2D eigenvalue weighted by Gasteiger charge is 2.14. The molecule has 0 bridgehead atoms. The second-order valence-corrected chi connectivity index (χ2v) is 8.45. The van der Waals surface area contributed by atoms with E-state index in [-0.39, 0.29) is 0 Å². The number of fused-ring (bicyclic) bond motifs is 1. The minimum atomic E-state index is 0.851. The number of thiazole rings is 1. The molecule has 0 saturated carbocycles. The van der Waals surface area contributed by atoms with Crippen LogP contribution in [0.4, 0.5) is 10.8 Å². The van der Waals surface area contributed by atoms with Gasteiger partial charge in [0.15, 0.2) is 10.3 Å². The maximum atomic E-state index is 5.27. The topological polar surface area (TPSA) is 49.8 Å². The molecule has 0 aliphatic carbocycles. The fraction of sp³-hybridized carbons (Fsp3) is 0.300. The lowest BCUT2D eigenvalue weighted by Crippen LogP contribution is -2.17. The molecule has 4 rings (SSSR count). The van der Waals surface area contributed by atoms with Gasteiger partial charge in [-0.2, -0.15) is 0 Å². The van der Waals surface area contributed by atoms with Gasteiger partial charge in [0.2, 0.25) is 0 Å². The Morgan fingerprint density at radius 1 is 1.22 bits per heavy atom. The van der Waals surface area contributed by atoms with E-state index in [0.29, 0.717) is 0 Å². The van der Waals surface area contributed by atoms with E-state index in [1.165, 1.54) is 5.56 Å². The smallest absolute Gasteiger partial charge is 0.183 e. The van der Waals surface area contributed by atoms with E-state index < -0.39 is 0 Å². The van der Waals surface area contributed by atoms with Crippen LogP contribution in [0.2, 0.25) is 0 Å². The lowest BCUT2D eigenvalue weighted by atomic mass is 10.1. The number of amidine groups is 1. The Morgan fingerprint density at radius 3 is 2.81 bits per heavy atom. The normalized spacial score (nSPS) is 15.6. The standard InChI is InChI=1S/C20H22N4OS2/c1-24-11-12-26-20(24)22-15-5-3-14(4-6-15)9-10-21-19-23-17-8-7-16(25-2)13-18(17)27-19/h3-8,13H,9-12H2,1-2H3,(H,21,23)/b22-20-. The minimum Gasteiger partial charge on any atom is -0.497 e. The van der Waals surface area contributed by atoms with Crippen LogP contribution in [-0.2, 0) is 6.42 Å². The van der Waals surface area contributed by atoms with Gasteiger partial charge >= 0.3 is 0 Å². The fourth-order valence-electron chi connectivity index (χ4n) is 2.87. The van der Waals surface area contributed by atoms with Gasteiger partial charge in [0.1, 0.15) is 5.75 Å². The molecule has 2 heterocycles. The van der Waals surface area contributed by atoms with Crippen LogP contribution < -0.4 is 10.1 Å². The van der Waals surface area contributed by atoms with Crippen molar-refractivity contribution >= 4 is 49.3 Å². The summed E-state index contributed by atoms with van der Waals surface area (Å²) in [6, 6.07) is 14.5. The SMILES string of the molecule is COc1ccc2nc(NCCc3ccc(/N=C4\SCCN4C)cc3)sc2c1. The van der Waals surface area contributed by atoms with Crippen molar-refractivity contribution in [2.75, 3.05) is 38.3 Å². The summed E-state index contributed by atoms with van der Waals surface area (Å²) in [6.07, 6.45) is 0.949. The molecule has 1 aliphatic rings. The summed E-state index contributed by atoms with van der Waals surface area (Å²) in [5, 5.41) is 5.48. The average Bonchev–Trinajstić information content (AvgIpc) is 3.28. The molecule has 0 unspecified atom stereocenters. The van der Waals surface area contributed by atoms with Crippen LogP contribution in [0.15, 0.2) is 47.5 Å². The molecular formula is C20H22N4OS2. The number of benzene rings is 2. The van der Waals surface area contributed by atoms with Crippen LogP contribution in [0.3, 0.4) is 0 Å². The third-order valence-electron chi connectivity index (χ3n) is 4.43. The second kappa shape index (κ2) is 8.19. The molecule has 7 heteroatoms. The number of nitrogens with zero attached hydrogens (tertiary/aromatic N) is 3. The molecular weight excluding hydrogens is 376 g/mol. The van der Waals surface area contributed by atoms with Gasteiger partial charge in [-0.15, -0.1) is 0 Å². The highest BCUT2D eigenvalue weighted by molar-refractivity contribution is 8.14. The largest absolute Gasteiger partial charge is 0.497 e. The first-order chi connectivity index (χ1) is 13.2. The van der Waals surface area contributed by atoms with Gasteiger partial charge in [0.25, 0.3) is 0 Å². The molecule has 0 radical (unpaired) electrons. The fourth-order valence-corrected chi connectivity index (χ4v) is 4.82. The van der Waals surface area contributed by atoms with Crippen LogP contribution in [0, 0.1) is 0 Å². The lowest BCUT2D eigenvalue weighted by molar-refractivity contribution is 0.415. The summed E-state index contributed by atoms with van der Waals surface area (Å²) >= 11 is 3.47. The highest BCUT2D eigenvalue weighted by atomic mass is 32.2. The van der Waals surface area contributed by atoms with E-state index in [4.69, 9.17) is 9.73 Å². The van der Waals surface area contributed by atoms with Crippen molar-refractivity contribution < 1.29 is 4.74 Å². The second-order valence-electron chi connectivity index (χ2n) is 6.36. The summed E-state index contributed by atoms with van der Waals surface area (Å²) in [7, 11) is 3.78. The Labute approximate surface area is 167 Å². The average molecular weight is 399 g/mol. The molecule has 2 aromatic carbocycles. The molecule has 1 N–H and O–H groups in total. The number of ether oxygens (including phenoxy) is 1. The zero-order chi connectivity index (χ0) is 18.6. The van der Waals surface area contributed by atoms with Gasteiger partial charge in [0, 0.05) is 25.9 Å². The number of thioether (sulfide) groups is 1. The Hall–Kier alpha value is -2.25. The van der Waals surface area contributed by atoms with E-state index >= 15 is 0 Å². The number of rotatable bonds is 6. The van der Waals surface area contributed by atoms with Crippen LogP contribution in [0.5, 0.6) is 5.75 Å². The van der Waals surface area contributed by atoms with Crippen LogP contribution in [0.1, 0.15) is 5.56 Å². The molecule has 0 amide bonds. The van der Waals surface area contributed by atoms with Crippen molar-refractivity contribution in [3.63, 3.8) is 0 Å². The van der Waals surface area contributed by atoms with Crippen LogP contribution in [-0.4, -0.2) is 48.1 Å². The Bertz CT molecular complexity index is 952. The first-order valence-electron chi connectivity index (χ1n) is 8.91. The first kappa shape index (κ1) is 18.1. The monoisotopic (exact) mass is 398 g/mol. The molecule has 0 atom stereocenters. The molecule has 1 saturated heterocycles. The van der Waals surface area contributed by atoms with E-state index in [1.807, 2.05) is 30.0 Å². The third kappa shape index (κ3) is 4.36. The predicted octanol–water partition coefficient (Wildman–Crippen LogP) is 4.63. The van der Waals surface area contributed by atoms with Gasteiger partial charge < -0.3 is 15.0 Å². The molecule has 1 aromatic heterocycles. The molecule has 1 aliphatic heterocycles. The van der Waals surface area contributed by atoms with Crippen molar-refractivity contribution in [2.45, 2.75) is 6.42 Å². The van der Waals surface area contributed by atoms with E-state index in [2.05, 4.69) is 46.5 Å². The minimum absolute atomic E-state index is 0.851. The molecule has 27 heavy (non-hydrogen) atoms. The van der Waals surface area contributed by atoms with Crippen LogP contribution >= 0.6 is 23.1 Å². The highest BCUT2D eigenvalue weighted by Crippen LogP contribution is 2.29. The van der Waals surface area contributed by atoms with E-state index in [1.54, 1.807) is 18.4 Å². The number of aromatic nitrogens is 1. The van der Waals surface area contributed by atoms with Gasteiger partial charge in [-0.05, 0) is 42.3 Å². The maximum absolute atomic E-state index is 5.27. The molecule has 0 spiro atoms. The van der Waals surface area contributed by atoms with E-state index in [9.17, 15) is 0 Å². The third-order valence-corrected chi connectivity index (χ3v) is 6.45. The number of hydrogen-bond acceptors (Lipinski definition) is 6. The number of hydrogen-bond donors (Lipinski definition) is 1. The summed E-state index contributed by atoms with van der Waals surface area (Å²) in [5.74, 6) is 1.99. The summed E-state index contributed by atoms with van der Waals surface area (Å²) < 4.78 is 6.41. The van der Waals surface area contributed by atoms with E-state index in [0.717, 1.165) is 57.2 Å². The van der Waals surface area contributed by atoms with Crippen molar-refractivity contribution in [3.8, 4) is 5.75 Å². The Kier molecular flexibility index (Phi) is 5.50. The lowest BCUT2D eigenvalue weighted by Gasteiger charge is -2.09. The predicted molar refractivity (Wildman–Crippen MR) is 117 cm³/mol. The van der Waals surface area contributed by atoms with Gasteiger partial charge in [0.05, 0.1) is 23.0 Å². The van der Waals surface area contributed by atoms with Gasteiger partial charge in [-0.25, -0.2) is 9.98 Å². The molecule has 3 aromatic rings. The number of aliphatic imine (C=N–C) groups is 1. The summed E-state index contributed by atoms with van der Waals surface area (Å²) in [4.78, 5) is 11.5. The van der Waals surface area contributed by atoms with Gasteiger partial charge in [-0.3, -0.25) is 0 Å². The van der Waals surface area contributed by atoms with Crippen molar-refractivity contribution in [1.82, 2.24) is 9.88 Å². The van der Waals surface area contributed by atoms with Crippen molar-refractivity contribution in [3.05, 3.63) is 48.0 Å². The summed E-state index contributed by atoms with van der Waals surface area (Å²) in [5.41, 5.74) is 3.31. The van der Waals surface area contributed by atoms with Crippen molar-refractivity contribution in [2.24, 2.45) is 4.99 Å². The molecule has 5 nitrogen and oxygen atoms in total. The first-order valence-corrected chi connectivity index (χ1v) is 10.7. The zero-order valence-corrected chi connectivity index (χ0v) is 17.1. The maximum Gasteiger partial charge on any atom is 0.183 e.